The molecule has 7 nitrogen and oxygen atoms in total. The Balaban J connectivity index is 1.53. The average Bonchev–Trinajstić information content (AvgIpc) is 3.50. The van der Waals surface area contributed by atoms with Gasteiger partial charge >= 0.3 is 6.18 Å². The largest absolute Gasteiger partial charge is 0.421 e. The number of benzene rings is 1. The van der Waals surface area contributed by atoms with Crippen molar-refractivity contribution in [3.05, 3.63) is 41.1 Å². The minimum atomic E-state index is -4.52. The minimum absolute atomic E-state index is 0.0164. The zero-order valence-corrected chi connectivity index (χ0v) is 15.6. The fraction of sp³-hybridized carbons (Fsp3) is 0.421. The van der Waals surface area contributed by atoms with Gasteiger partial charge in [0.15, 0.2) is 0 Å². The zero-order chi connectivity index (χ0) is 20.6. The van der Waals surface area contributed by atoms with Gasteiger partial charge < -0.3 is 21.3 Å². The molecule has 154 valence electrons. The molecule has 1 saturated carbocycles. The Morgan fingerprint density at radius 1 is 1.28 bits per heavy atom. The number of halogens is 3. The molecule has 1 amide bonds. The van der Waals surface area contributed by atoms with Gasteiger partial charge in [-0.25, -0.2) is 4.98 Å². The lowest BCUT2D eigenvalue weighted by Gasteiger charge is -2.29. The van der Waals surface area contributed by atoms with E-state index in [1.165, 1.54) is 0 Å². The molecule has 0 atom stereocenters. The highest BCUT2D eigenvalue weighted by molar-refractivity contribution is 5.78. The van der Waals surface area contributed by atoms with Crippen LogP contribution in [0.4, 0.5) is 30.6 Å². The summed E-state index contributed by atoms with van der Waals surface area (Å²) in [6.45, 7) is 1.06. The number of aromatic nitrogens is 2. The minimum Gasteiger partial charge on any atom is -0.367 e. The van der Waals surface area contributed by atoms with Gasteiger partial charge in [0, 0.05) is 31.0 Å². The van der Waals surface area contributed by atoms with E-state index in [0.29, 0.717) is 25.2 Å². The van der Waals surface area contributed by atoms with Crippen molar-refractivity contribution >= 4 is 23.4 Å². The SMILES string of the molecule is NCC(=O)N1CCc2cc(Nc3ncc(C(F)(F)F)c(NC4CC4)n3)ccc2C1. The Hall–Kier alpha value is -2.88. The number of fused-ring (bicyclic) bond motifs is 1. The predicted molar refractivity (Wildman–Crippen MR) is 102 cm³/mol. The smallest absolute Gasteiger partial charge is 0.367 e. The number of carbonyl (C=O) groups excluding carboxylic acids is 1. The summed E-state index contributed by atoms with van der Waals surface area (Å²) in [7, 11) is 0. The third-order valence-corrected chi connectivity index (χ3v) is 5.01. The lowest BCUT2D eigenvalue weighted by atomic mass is 9.99. The summed E-state index contributed by atoms with van der Waals surface area (Å²) < 4.78 is 39.6. The quantitative estimate of drug-likeness (QED) is 0.707. The van der Waals surface area contributed by atoms with Gasteiger partial charge in [-0.3, -0.25) is 4.79 Å². The number of anilines is 3. The van der Waals surface area contributed by atoms with Crippen molar-refractivity contribution in [2.24, 2.45) is 5.73 Å². The van der Waals surface area contributed by atoms with Gasteiger partial charge in [0.1, 0.15) is 11.4 Å². The first-order chi connectivity index (χ1) is 13.8. The summed E-state index contributed by atoms with van der Waals surface area (Å²) >= 11 is 0. The third-order valence-electron chi connectivity index (χ3n) is 5.01. The van der Waals surface area contributed by atoms with E-state index >= 15 is 0 Å². The number of hydrogen-bond acceptors (Lipinski definition) is 6. The van der Waals surface area contributed by atoms with E-state index in [9.17, 15) is 18.0 Å². The molecule has 10 heteroatoms. The van der Waals surface area contributed by atoms with Crippen LogP contribution in [0.25, 0.3) is 0 Å². The molecule has 0 saturated heterocycles. The first kappa shape index (κ1) is 19.4. The van der Waals surface area contributed by atoms with Gasteiger partial charge in [-0.1, -0.05) is 6.07 Å². The number of alkyl halides is 3. The standard InChI is InChI=1S/C19H21F3N6O/c20-19(21,22)15-9-24-18(27-17(15)25-13-3-4-13)26-14-2-1-12-10-28(16(29)8-23)6-5-11(12)7-14/h1-2,7,9,13H,3-6,8,10,23H2,(H2,24,25,26,27). The fourth-order valence-electron chi connectivity index (χ4n) is 3.28. The van der Waals surface area contributed by atoms with Crippen LogP contribution in [-0.4, -0.2) is 39.9 Å². The molecule has 0 radical (unpaired) electrons. The highest BCUT2D eigenvalue weighted by atomic mass is 19.4. The molecule has 1 aliphatic carbocycles. The fourth-order valence-corrected chi connectivity index (χ4v) is 3.28. The second-order valence-electron chi connectivity index (χ2n) is 7.25. The van der Waals surface area contributed by atoms with Crippen LogP contribution < -0.4 is 16.4 Å². The lowest BCUT2D eigenvalue weighted by molar-refractivity contribution is -0.137. The van der Waals surface area contributed by atoms with Crippen molar-refractivity contribution < 1.29 is 18.0 Å². The predicted octanol–water partition coefficient (Wildman–Crippen LogP) is 2.66. The van der Waals surface area contributed by atoms with Crippen LogP contribution >= 0.6 is 0 Å². The van der Waals surface area contributed by atoms with Crippen molar-refractivity contribution in [1.82, 2.24) is 14.9 Å². The molecule has 2 aliphatic rings. The van der Waals surface area contributed by atoms with Crippen LogP contribution in [0.15, 0.2) is 24.4 Å². The Morgan fingerprint density at radius 3 is 2.76 bits per heavy atom. The highest BCUT2D eigenvalue weighted by Gasteiger charge is 2.37. The number of amides is 1. The maximum Gasteiger partial charge on any atom is 0.421 e. The van der Waals surface area contributed by atoms with E-state index in [2.05, 4.69) is 20.6 Å². The number of nitrogens with one attached hydrogen (secondary N) is 2. The molecule has 1 fully saturated rings. The molecule has 0 bridgehead atoms. The zero-order valence-electron chi connectivity index (χ0n) is 15.6. The van der Waals surface area contributed by atoms with Crippen molar-refractivity contribution in [3.63, 3.8) is 0 Å². The second-order valence-corrected chi connectivity index (χ2v) is 7.25. The van der Waals surface area contributed by atoms with Crippen LogP contribution in [0, 0.1) is 0 Å². The number of hydrogen-bond donors (Lipinski definition) is 3. The molecular weight excluding hydrogens is 385 g/mol. The topological polar surface area (TPSA) is 96.2 Å². The monoisotopic (exact) mass is 406 g/mol. The molecule has 0 unspecified atom stereocenters. The van der Waals surface area contributed by atoms with Gasteiger partial charge in [0.2, 0.25) is 11.9 Å². The maximum absolute atomic E-state index is 13.2. The summed E-state index contributed by atoms with van der Waals surface area (Å²) in [5.41, 5.74) is 7.33. The molecule has 29 heavy (non-hydrogen) atoms. The molecule has 1 aromatic carbocycles. The van der Waals surface area contributed by atoms with E-state index in [-0.39, 0.29) is 30.3 Å². The molecule has 0 spiro atoms. The normalized spacial score (nSPS) is 16.3. The molecule has 1 aliphatic heterocycles. The second kappa shape index (κ2) is 7.51. The Bertz CT molecular complexity index is 929. The van der Waals surface area contributed by atoms with Crippen molar-refractivity contribution in [2.75, 3.05) is 23.7 Å². The number of rotatable bonds is 5. The average molecular weight is 406 g/mol. The molecule has 2 heterocycles. The molecule has 2 aromatic rings. The van der Waals surface area contributed by atoms with E-state index in [1.54, 1.807) is 11.0 Å². The number of nitrogens with zero attached hydrogens (tertiary/aromatic N) is 3. The third kappa shape index (κ3) is 4.42. The van der Waals surface area contributed by atoms with E-state index in [4.69, 9.17) is 5.73 Å². The van der Waals surface area contributed by atoms with Crippen LogP contribution in [0.1, 0.15) is 29.5 Å². The summed E-state index contributed by atoms with van der Waals surface area (Å²) in [6, 6.07) is 5.63. The number of nitrogens with two attached hydrogens (primary N) is 1. The van der Waals surface area contributed by atoms with Crippen LogP contribution in [-0.2, 0) is 23.9 Å². The van der Waals surface area contributed by atoms with Gasteiger partial charge in [-0.15, -0.1) is 0 Å². The van der Waals surface area contributed by atoms with E-state index in [1.807, 2.05) is 12.1 Å². The first-order valence-electron chi connectivity index (χ1n) is 9.41. The summed E-state index contributed by atoms with van der Waals surface area (Å²) in [5.74, 6) is -0.199. The van der Waals surface area contributed by atoms with Crippen LogP contribution in [0.2, 0.25) is 0 Å². The van der Waals surface area contributed by atoms with Crippen LogP contribution in [0.3, 0.4) is 0 Å². The summed E-state index contributed by atoms with van der Waals surface area (Å²) in [6.07, 6.45) is -1.38. The summed E-state index contributed by atoms with van der Waals surface area (Å²) in [4.78, 5) is 21.4. The first-order valence-corrected chi connectivity index (χ1v) is 9.41. The van der Waals surface area contributed by atoms with Gasteiger partial charge in [-0.05, 0) is 42.5 Å². The van der Waals surface area contributed by atoms with Gasteiger partial charge in [-0.2, -0.15) is 18.2 Å². The van der Waals surface area contributed by atoms with Crippen LogP contribution in [0.5, 0.6) is 0 Å². The van der Waals surface area contributed by atoms with Gasteiger partial charge in [0.05, 0.1) is 6.54 Å². The van der Waals surface area contributed by atoms with Crippen molar-refractivity contribution in [2.45, 2.75) is 38.0 Å². The molecule has 1 aromatic heterocycles. The van der Waals surface area contributed by atoms with E-state index < -0.39 is 11.7 Å². The Labute approximate surface area is 165 Å². The summed E-state index contributed by atoms with van der Waals surface area (Å²) in [5, 5.41) is 5.81. The highest BCUT2D eigenvalue weighted by Crippen LogP contribution is 2.36. The van der Waals surface area contributed by atoms with Crippen molar-refractivity contribution in [1.29, 1.82) is 0 Å². The van der Waals surface area contributed by atoms with Crippen molar-refractivity contribution in [3.8, 4) is 0 Å². The molecular formula is C19H21F3N6O. The number of carbonyl (C=O) groups is 1. The lowest BCUT2D eigenvalue weighted by Crippen LogP contribution is -2.39. The van der Waals surface area contributed by atoms with Gasteiger partial charge in [0.25, 0.3) is 0 Å². The van der Waals surface area contributed by atoms with E-state index in [0.717, 1.165) is 30.2 Å². The molecule has 4 N–H and O–H groups in total. The maximum atomic E-state index is 13.2. The molecule has 4 rings (SSSR count). The Morgan fingerprint density at radius 2 is 2.07 bits per heavy atom. The Kier molecular flexibility index (Phi) is 5.03.